The number of benzene rings is 1. The third-order valence-corrected chi connectivity index (χ3v) is 4.51. The van der Waals surface area contributed by atoms with Gasteiger partial charge >= 0.3 is 0 Å². The Morgan fingerprint density at radius 2 is 1.91 bits per heavy atom. The molecule has 0 aliphatic carbocycles. The van der Waals surface area contributed by atoms with Gasteiger partial charge in [-0.2, -0.15) is 0 Å². The Labute approximate surface area is 141 Å². The highest BCUT2D eigenvalue weighted by molar-refractivity contribution is 6.31. The SMILES string of the molecule is Cc1ccc(Nc2ncnc(N3CCN(C)CC3)c2N)cc1Cl. The summed E-state index contributed by atoms with van der Waals surface area (Å²) in [5.74, 6) is 1.39. The van der Waals surface area contributed by atoms with Gasteiger partial charge in [0.2, 0.25) is 0 Å². The number of nitrogens with two attached hydrogens (primary N) is 1. The van der Waals surface area contributed by atoms with Crippen LogP contribution in [-0.2, 0) is 0 Å². The van der Waals surface area contributed by atoms with Crippen molar-refractivity contribution in [2.75, 3.05) is 49.2 Å². The average molecular weight is 333 g/mol. The van der Waals surface area contributed by atoms with E-state index in [4.69, 9.17) is 17.3 Å². The Bertz CT molecular complexity index is 697. The van der Waals surface area contributed by atoms with Gasteiger partial charge in [0.15, 0.2) is 11.6 Å². The first-order chi connectivity index (χ1) is 11.0. The molecule has 7 heteroatoms. The van der Waals surface area contributed by atoms with Gasteiger partial charge in [0.05, 0.1) is 0 Å². The molecule has 1 fully saturated rings. The molecule has 6 nitrogen and oxygen atoms in total. The first-order valence-corrected chi connectivity index (χ1v) is 7.99. The average Bonchev–Trinajstić information content (AvgIpc) is 2.54. The fraction of sp³-hybridized carbons (Fsp3) is 0.375. The number of anilines is 4. The number of nitrogen functional groups attached to an aromatic ring is 1. The van der Waals surface area contributed by atoms with Crippen molar-refractivity contribution in [3.63, 3.8) is 0 Å². The molecular formula is C16H21ClN6. The molecule has 0 unspecified atom stereocenters. The zero-order valence-corrected chi connectivity index (χ0v) is 14.1. The molecule has 3 rings (SSSR count). The highest BCUT2D eigenvalue weighted by Crippen LogP contribution is 2.30. The minimum Gasteiger partial charge on any atom is -0.393 e. The summed E-state index contributed by atoms with van der Waals surface area (Å²) in [4.78, 5) is 13.1. The van der Waals surface area contributed by atoms with E-state index >= 15 is 0 Å². The minimum atomic E-state index is 0.564. The molecule has 0 amide bonds. The van der Waals surface area contributed by atoms with Gasteiger partial charge in [0.1, 0.15) is 12.0 Å². The Hall–Kier alpha value is -2.05. The van der Waals surface area contributed by atoms with Gasteiger partial charge in [0, 0.05) is 36.9 Å². The van der Waals surface area contributed by atoms with Crippen molar-refractivity contribution in [1.29, 1.82) is 0 Å². The third-order valence-electron chi connectivity index (χ3n) is 4.10. The summed E-state index contributed by atoms with van der Waals surface area (Å²) < 4.78 is 0. The van der Waals surface area contributed by atoms with Gasteiger partial charge in [0.25, 0.3) is 0 Å². The number of nitrogens with one attached hydrogen (secondary N) is 1. The van der Waals surface area contributed by atoms with E-state index in [0.29, 0.717) is 16.5 Å². The molecule has 122 valence electrons. The van der Waals surface area contributed by atoms with E-state index in [2.05, 4.69) is 32.1 Å². The molecule has 0 saturated carbocycles. The van der Waals surface area contributed by atoms with Gasteiger partial charge in [-0.1, -0.05) is 17.7 Å². The molecule has 0 atom stereocenters. The number of rotatable bonds is 3. The molecule has 2 heterocycles. The number of aromatic nitrogens is 2. The predicted molar refractivity (Wildman–Crippen MR) is 95.6 cm³/mol. The summed E-state index contributed by atoms with van der Waals surface area (Å²) in [7, 11) is 2.12. The summed E-state index contributed by atoms with van der Waals surface area (Å²) in [6.07, 6.45) is 1.54. The lowest BCUT2D eigenvalue weighted by Gasteiger charge is -2.33. The number of hydrogen-bond acceptors (Lipinski definition) is 6. The van der Waals surface area contributed by atoms with Gasteiger partial charge in [-0.05, 0) is 31.7 Å². The Morgan fingerprint density at radius 3 is 2.61 bits per heavy atom. The van der Waals surface area contributed by atoms with Gasteiger partial charge in [-0.25, -0.2) is 9.97 Å². The van der Waals surface area contributed by atoms with Crippen molar-refractivity contribution in [3.8, 4) is 0 Å². The largest absolute Gasteiger partial charge is 0.393 e. The second-order valence-electron chi connectivity index (χ2n) is 5.84. The maximum absolute atomic E-state index is 6.29. The number of aryl methyl sites for hydroxylation is 1. The molecule has 0 radical (unpaired) electrons. The molecule has 1 aliphatic rings. The predicted octanol–water partition coefficient (Wildman–Crippen LogP) is 2.52. The van der Waals surface area contributed by atoms with Gasteiger partial charge < -0.3 is 20.9 Å². The lowest BCUT2D eigenvalue weighted by molar-refractivity contribution is 0.312. The van der Waals surface area contributed by atoms with Crippen molar-refractivity contribution in [2.24, 2.45) is 0 Å². The van der Waals surface area contributed by atoms with E-state index in [-0.39, 0.29) is 0 Å². The number of hydrogen-bond donors (Lipinski definition) is 2. The fourth-order valence-electron chi connectivity index (χ4n) is 2.56. The Morgan fingerprint density at radius 1 is 1.17 bits per heavy atom. The highest BCUT2D eigenvalue weighted by atomic mass is 35.5. The monoisotopic (exact) mass is 332 g/mol. The van der Waals surface area contributed by atoms with Crippen LogP contribution in [0.2, 0.25) is 5.02 Å². The second kappa shape index (κ2) is 6.60. The maximum Gasteiger partial charge on any atom is 0.159 e. The van der Waals surface area contributed by atoms with E-state index in [1.165, 1.54) is 0 Å². The van der Waals surface area contributed by atoms with Gasteiger partial charge in [-0.15, -0.1) is 0 Å². The number of piperazine rings is 1. The molecule has 0 bridgehead atoms. The van der Waals surface area contributed by atoms with Gasteiger partial charge in [-0.3, -0.25) is 0 Å². The third kappa shape index (κ3) is 3.48. The van der Waals surface area contributed by atoms with Crippen LogP contribution < -0.4 is 16.0 Å². The van der Waals surface area contributed by atoms with Crippen LogP contribution in [0.25, 0.3) is 0 Å². The van der Waals surface area contributed by atoms with Crippen LogP contribution >= 0.6 is 11.6 Å². The molecular weight excluding hydrogens is 312 g/mol. The first-order valence-electron chi connectivity index (χ1n) is 7.62. The molecule has 23 heavy (non-hydrogen) atoms. The van der Waals surface area contributed by atoms with Crippen molar-refractivity contribution < 1.29 is 0 Å². The summed E-state index contributed by atoms with van der Waals surface area (Å²) in [6, 6.07) is 5.79. The molecule has 1 saturated heterocycles. The van der Waals surface area contributed by atoms with Crippen molar-refractivity contribution in [2.45, 2.75) is 6.92 Å². The van der Waals surface area contributed by atoms with E-state index < -0.39 is 0 Å². The Kier molecular flexibility index (Phi) is 4.54. The zero-order chi connectivity index (χ0) is 16.4. The molecule has 1 aromatic heterocycles. The van der Waals surface area contributed by atoms with Crippen LogP contribution in [0.3, 0.4) is 0 Å². The van der Waals surface area contributed by atoms with Crippen LogP contribution in [0.4, 0.5) is 23.0 Å². The normalized spacial score (nSPS) is 15.7. The lowest BCUT2D eigenvalue weighted by Crippen LogP contribution is -2.45. The van der Waals surface area contributed by atoms with E-state index in [1.54, 1.807) is 6.33 Å². The summed E-state index contributed by atoms with van der Waals surface area (Å²) in [6.45, 7) is 5.79. The maximum atomic E-state index is 6.29. The quantitative estimate of drug-likeness (QED) is 0.900. The van der Waals surface area contributed by atoms with Crippen molar-refractivity contribution >= 4 is 34.6 Å². The van der Waals surface area contributed by atoms with Crippen molar-refractivity contribution in [3.05, 3.63) is 35.1 Å². The highest BCUT2D eigenvalue weighted by Gasteiger charge is 2.19. The lowest BCUT2D eigenvalue weighted by atomic mass is 10.2. The standard InChI is InChI=1S/C16H21ClN6/c1-11-3-4-12(9-13(11)17)21-15-14(18)16(20-10-19-15)23-7-5-22(2)6-8-23/h3-4,9-10H,5-8,18H2,1-2H3,(H,19,20,21). The minimum absolute atomic E-state index is 0.564. The van der Waals surface area contributed by atoms with E-state index in [9.17, 15) is 0 Å². The number of likely N-dealkylation sites (N-methyl/N-ethyl adjacent to an activating group) is 1. The second-order valence-corrected chi connectivity index (χ2v) is 6.25. The smallest absolute Gasteiger partial charge is 0.159 e. The van der Waals surface area contributed by atoms with Crippen LogP contribution in [0, 0.1) is 6.92 Å². The zero-order valence-electron chi connectivity index (χ0n) is 13.4. The fourth-order valence-corrected chi connectivity index (χ4v) is 2.74. The summed E-state index contributed by atoms with van der Waals surface area (Å²) in [5, 5.41) is 3.94. The Balaban J connectivity index is 1.83. The topological polar surface area (TPSA) is 70.3 Å². The van der Waals surface area contributed by atoms with Crippen molar-refractivity contribution in [1.82, 2.24) is 14.9 Å². The van der Waals surface area contributed by atoms with Crippen LogP contribution in [0.1, 0.15) is 5.56 Å². The summed E-state index contributed by atoms with van der Waals surface area (Å²) >= 11 is 6.17. The molecule has 1 aliphatic heterocycles. The van der Waals surface area contributed by atoms with E-state index in [0.717, 1.165) is 43.2 Å². The molecule has 3 N–H and O–H groups in total. The van der Waals surface area contributed by atoms with Crippen LogP contribution in [-0.4, -0.2) is 48.1 Å². The molecule has 1 aromatic carbocycles. The molecule has 0 spiro atoms. The van der Waals surface area contributed by atoms with E-state index in [1.807, 2.05) is 25.1 Å². The van der Waals surface area contributed by atoms with Crippen LogP contribution in [0.15, 0.2) is 24.5 Å². The number of halogens is 1. The number of nitrogens with zero attached hydrogens (tertiary/aromatic N) is 4. The van der Waals surface area contributed by atoms with Crippen LogP contribution in [0.5, 0.6) is 0 Å². The summed E-state index contributed by atoms with van der Waals surface area (Å²) in [5.41, 5.74) is 8.74. The first kappa shape index (κ1) is 15.8. The molecule has 2 aromatic rings.